The standard InChI is InChI=1S/C19H26N4/c1-15-14-18(23(2)17-12-8-5-9-13-17)22-19(20-15)21-16-10-6-3-4-7-11-16/h5,8-9,12-14,16H,3-4,6-7,10-11H2,1-2H3,(H,20,21,22). The minimum Gasteiger partial charge on any atom is -0.351 e. The highest BCUT2D eigenvalue weighted by atomic mass is 15.2. The predicted octanol–water partition coefficient (Wildman–Crippen LogP) is 4.69. The van der Waals surface area contributed by atoms with Gasteiger partial charge >= 0.3 is 0 Å². The minimum absolute atomic E-state index is 0.509. The van der Waals surface area contributed by atoms with E-state index < -0.39 is 0 Å². The summed E-state index contributed by atoms with van der Waals surface area (Å²) >= 11 is 0. The molecule has 0 aliphatic heterocycles. The van der Waals surface area contributed by atoms with Gasteiger partial charge in [-0.3, -0.25) is 0 Å². The Morgan fingerprint density at radius 2 is 1.70 bits per heavy atom. The van der Waals surface area contributed by atoms with Gasteiger partial charge in [0.2, 0.25) is 5.95 Å². The molecule has 0 spiro atoms. The highest BCUT2D eigenvalue weighted by Crippen LogP contribution is 2.24. The van der Waals surface area contributed by atoms with Gasteiger partial charge < -0.3 is 10.2 Å². The number of hydrogen-bond donors (Lipinski definition) is 1. The summed E-state index contributed by atoms with van der Waals surface area (Å²) in [6.45, 7) is 2.03. The molecular weight excluding hydrogens is 284 g/mol. The lowest BCUT2D eigenvalue weighted by Gasteiger charge is -2.21. The Bertz CT molecular complexity index is 619. The molecule has 3 rings (SSSR count). The van der Waals surface area contributed by atoms with Gasteiger partial charge in [0.15, 0.2) is 0 Å². The van der Waals surface area contributed by atoms with Crippen LogP contribution in [0.4, 0.5) is 17.5 Å². The molecule has 23 heavy (non-hydrogen) atoms. The van der Waals surface area contributed by atoms with E-state index in [0.717, 1.165) is 23.1 Å². The third-order valence-corrected chi connectivity index (χ3v) is 4.52. The van der Waals surface area contributed by atoms with Crippen molar-refractivity contribution in [1.82, 2.24) is 9.97 Å². The van der Waals surface area contributed by atoms with Crippen LogP contribution in [0.1, 0.15) is 44.2 Å². The second-order valence-corrected chi connectivity index (χ2v) is 6.42. The van der Waals surface area contributed by atoms with Crippen LogP contribution in [0, 0.1) is 6.92 Å². The van der Waals surface area contributed by atoms with Crippen molar-refractivity contribution in [2.45, 2.75) is 51.5 Å². The first-order valence-corrected chi connectivity index (χ1v) is 8.63. The first-order valence-electron chi connectivity index (χ1n) is 8.63. The van der Waals surface area contributed by atoms with Gasteiger partial charge in [0, 0.05) is 30.5 Å². The molecule has 0 radical (unpaired) electrons. The van der Waals surface area contributed by atoms with Crippen molar-refractivity contribution in [3.63, 3.8) is 0 Å². The quantitative estimate of drug-likeness (QED) is 0.832. The maximum absolute atomic E-state index is 4.74. The topological polar surface area (TPSA) is 41.1 Å². The molecule has 1 saturated carbocycles. The van der Waals surface area contributed by atoms with E-state index in [1.807, 2.05) is 38.2 Å². The molecular formula is C19H26N4. The molecule has 0 saturated heterocycles. The lowest BCUT2D eigenvalue weighted by Crippen LogP contribution is -2.21. The summed E-state index contributed by atoms with van der Waals surface area (Å²) in [6, 6.07) is 12.8. The molecule has 1 N–H and O–H groups in total. The van der Waals surface area contributed by atoms with Crippen molar-refractivity contribution in [2.24, 2.45) is 0 Å². The average Bonchev–Trinajstić information content (AvgIpc) is 2.83. The molecule has 2 aromatic rings. The zero-order valence-electron chi connectivity index (χ0n) is 14.1. The van der Waals surface area contributed by atoms with E-state index in [1.165, 1.54) is 38.5 Å². The number of aryl methyl sites for hydroxylation is 1. The van der Waals surface area contributed by atoms with E-state index in [-0.39, 0.29) is 0 Å². The summed E-state index contributed by atoms with van der Waals surface area (Å²) in [5.41, 5.74) is 2.12. The fourth-order valence-corrected chi connectivity index (χ4v) is 3.18. The summed E-state index contributed by atoms with van der Waals surface area (Å²) in [5, 5.41) is 3.56. The summed E-state index contributed by atoms with van der Waals surface area (Å²) in [6.07, 6.45) is 7.77. The van der Waals surface area contributed by atoms with Crippen molar-refractivity contribution < 1.29 is 0 Å². The summed E-state index contributed by atoms with van der Waals surface area (Å²) < 4.78 is 0. The predicted molar refractivity (Wildman–Crippen MR) is 96.4 cm³/mol. The Balaban J connectivity index is 1.78. The molecule has 0 atom stereocenters. The largest absolute Gasteiger partial charge is 0.351 e. The van der Waals surface area contributed by atoms with Crippen LogP contribution >= 0.6 is 0 Å². The minimum atomic E-state index is 0.509. The van der Waals surface area contributed by atoms with E-state index in [4.69, 9.17) is 4.98 Å². The number of anilines is 3. The van der Waals surface area contributed by atoms with Crippen LogP contribution in [0.2, 0.25) is 0 Å². The molecule has 0 unspecified atom stereocenters. The van der Waals surface area contributed by atoms with Gasteiger partial charge in [-0.05, 0) is 31.9 Å². The van der Waals surface area contributed by atoms with E-state index in [9.17, 15) is 0 Å². The summed E-state index contributed by atoms with van der Waals surface area (Å²) in [7, 11) is 2.05. The SMILES string of the molecule is Cc1cc(N(C)c2ccccc2)nc(NC2CCCCCC2)n1. The highest BCUT2D eigenvalue weighted by molar-refractivity contribution is 5.60. The molecule has 4 nitrogen and oxygen atoms in total. The van der Waals surface area contributed by atoms with Crippen molar-refractivity contribution in [1.29, 1.82) is 0 Å². The summed E-state index contributed by atoms with van der Waals surface area (Å²) in [5.74, 6) is 1.69. The first-order chi connectivity index (χ1) is 11.2. The third kappa shape index (κ3) is 4.21. The van der Waals surface area contributed by atoms with Crippen LogP contribution < -0.4 is 10.2 Å². The van der Waals surface area contributed by atoms with Crippen molar-refractivity contribution >= 4 is 17.5 Å². The molecule has 1 fully saturated rings. The Morgan fingerprint density at radius 3 is 2.39 bits per heavy atom. The molecule has 1 heterocycles. The lowest BCUT2D eigenvalue weighted by molar-refractivity contribution is 0.614. The maximum atomic E-state index is 4.74. The molecule has 1 aromatic carbocycles. The zero-order valence-corrected chi connectivity index (χ0v) is 14.1. The van der Waals surface area contributed by atoms with Gasteiger partial charge in [-0.2, -0.15) is 4.98 Å². The van der Waals surface area contributed by atoms with E-state index in [0.29, 0.717) is 6.04 Å². The second-order valence-electron chi connectivity index (χ2n) is 6.42. The van der Waals surface area contributed by atoms with Crippen molar-refractivity contribution in [3.8, 4) is 0 Å². The normalized spacial score (nSPS) is 15.9. The number of benzene rings is 1. The average molecular weight is 310 g/mol. The van der Waals surface area contributed by atoms with Crippen molar-refractivity contribution in [2.75, 3.05) is 17.3 Å². The lowest BCUT2D eigenvalue weighted by atomic mass is 10.1. The van der Waals surface area contributed by atoms with E-state index >= 15 is 0 Å². The fraction of sp³-hybridized carbons (Fsp3) is 0.474. The van der Waals surface area contributed by atoms with Crippen LogP contribution in [0.3, 0.4) is 0 Å². The third-order valence-electron chi connectivity index (χ3n) is 4.52. The Hall–Kier alpha value is -2.10. The van der Waals surface area contributed by atoms with Crippen LogP contribution in [-0.2, 0) is 0 Å². The van der Waals surface area contributed by atoms with E-state index in [2.05, 4.69) is 27.3 Å². The monoisotopic (exact) mass is 310 g/mol. The fourth-order valence-electron chi connectivity index (χ4n) is 3.18. The highest BCUT2D eigenvalue weighted by Gasteiger charge is 2.14. The summed E-state index contributed by atoms with van der Waals surface area (Å²) in [4.78, 5) is 11.4. The van der Waals surface area contributed by atoms with Gasteiger partial charge in [-0.1, -0.05) is 43.9 Å². The molecule has 1 aliphatic rings. The van der Waals surface area contributed by atoms with Crippen LogP contribution in [0.15, 0.2) is 36.4 Å². The van der Waals surface area contributed by atoms with Crippen molar-refractivity contribution in [3.05, 3.63) is 42.1 Å². The molecule has 122 valence electrons. The number of nitrogens with zero attached hydrogens (tertiary/aromatic N) is 3. The molecule has 0 amide bonds. The number of rotatable bonds is 4. The number of para-hydroxylation sites is 1. The van der Waals surface area contributed by atoms with Gasteiger partial charge in [-0.15, -0.1) is 0 Å². The molecule has 0 bridgehead atoms. The Kier molecular flexibility index (Phi) is 5.11. The molecule has 1 aliphatic carbocycles. The Labute approximate surface area is 139 Å². The molecule has 1 aromatic heterocycles. The Morgan fingerprint density at radius 1 is 1.00 bits per heavy atom. The van der Waals surface area contributed by atoms with Crippen LogP contribution in [-0.4, -0.2) is 23.1 Å². The van der Waals surface area contributed by atoms with Crippen LogP contribution in [0.25, 0.3) is 0 Å². The van der Waals surface area contributed by atoms with Gasteiger partial charge in [-0.25, -0.2) is 4.98 Å². The van der Waals surface area contributed by atoms with Gasteiger partial charge in [0.1, 0.15) is 5.82 Å². The van der Waals surface area contributed by atoms with E-state index in [1.54, 1.807) is 0 Å². The molecule has 4 heteroatoms. The van der Waals surface area contributed by atoms with Gasteiger partial charge in [0.25, 0.3) is 0 Å². The maximum Gasteiger partial charge on any atom is 0.225 e. The van der Waals surface area contributed by atoms with Crippen LogP contribution in [0.5, 0.6) is 0 Å². The van der Waals surface area contributed by atoms with Gasteiger partial charge in [0.05, 0.1) is 0 Å². The zero-order chi connectivity index (χ0) is 16.1. The number of hydrogen-bond acceptors (Lipinski definition) is 4. The first kappa shape index (κ1) is 15.8. The number of nitrogens with one attached hydrogen (secondary N) is 1. The number of aromatic nitrogens is 2. The smallest absolute Gasteiger partial charge is 0.225 e. The second kappa shape index (κ2) is 7.44.